The van der Waals surface area contributed by atoms with E-state index in [0.29, 0.717) is 16.5 Å². The standard InChI is InChI=1S/C10H7FN2OS/c11-5-1-2-6-7(9(14)10(12)15)4-13-8(6)3-5/h1-4,13H,(H2,12,15). The Balaban J connectivity index is 2.64. The molecule has 3 nitrogen and oxygen atoms in total. The van der Waals surface area contributed by atoms with Crippen molar-refractivity contribution in [3.63, 3.8) is 0 Å². The molecule has 15 heavy (non-hydrogen) atoms. The number of fused-ring (bicyclic) bond motifs is 1. The SMILES string of the molecule is NC(=S)C(=O)c1c[nH]c2cc(F)ccc12. The molecule has 0 atom stereocenters. The molecule has 0 bridgehead atoms. The largest absolute Gasteiger partial charge is 0.387 e. The quantitative estimate of drug-likeness (QED) is 0.601. The van der Waals surface area contributed by atoms with Gasteiger partial charge in [-0.1, -0.05) is 12.2 Å². The number of halogens is 1. The summed E-state index contributed by atoms with van der Waals surface area (Å²) < 4.78 is 12.9. The minimum Gasteiger partial charge on any atom is -0.387 e. The number of ketones is 1. The summed E-state index contributed by atoms with van der Waals surface area (Å²) in [4.78, 5) is 14.1. The van der Waals surface area contributed by atoms with E-state index in [4.69, 9.17) is 5.73 Å². The van der Waals surface area contributed by atoms with Crippen molar-refractivity contribution in [2.24, 2.45) is 5.73 Å². The number of nitrogens with one attached hydrogen (secondary N) is 1. The Labute approximate surface area is 90.1 Å². The normalized spacial score (nSPS) is 10.5. The van der Waals surface area contributed by atoms with Crippen LogP contribution in [0.3, 0.4) is 0 Å². The summed E-state index contributed by atoms with van der Waals surface area (Å²) in [6, 6.07) is 4.12. The highest BCUT2D eigenvalue weighted by Crippen LogP contribution is 2.19. The Morgan fingerprint density at radius 2 is 2.20 bits per heavy atom. The van der Waals surface area contributed by atoms with Crippen LogP contribution in [0.1, 0.15) is 10.4 Å². The molecule has 2 rings (SSSR count). The third kappa shape index (κ3) is 1.61. The van der Waals surface area contributed by atoms with Crippen molar-refractivity contribution < 1.29 is 9.18 Å². The fourth-order valence-corrected chi connectivity index (χ4v) is 1.53. The number of aromatic nitrogens is 1. The zero-order chi connectivity index (χ0) is 11.0. The highest BCUT2D eigenvalue weighted by molar-refractivity contribution is 7.82. The average molecular weight is 222 g/mol. The number of aromatic amines is 1. The van der Waals surface area contributed by atoms with Gasteiger partial charge in [0.15, 0.2) is 0 Å². The summed E-state index contributed by atoms with van der Waals surface area (Å²) >= 11 is 4.60. The summed E-state index contributed by atoms with van der Waals surface area (Å²) in [5, 5.41) is 0.620. The lowest BCUT2D eigenvalue weighted by atomic mass is 10.1. The lowest BCUT2D eigenvalue weighted by Crippen LogP contribution is -2.20. The van der Waals surface area contributed by atoms with Crippen molar-refractivity contribution in [1.82, 2.24) is 4.98 Å². The number of nitrogens with two attached hydrogens (primary N) is 1. The molecule has 0 fully saturated rings. The first kappa shape index (κ1) is 9.79. The maximum absolute atomic E-state index is 12.9. The number of H-pyrrole nitrogens is 1. The first-order chi connectivity index (χ1) is 7.09. The molecular formula is C10H7FN2OS. The molecule has 3 N–H and O–H groups in total. The fourth-order valence-electron chi connectivity index (χ4n) is 1.42. The van der Waals surface area contributed by atoms with E-state index in [0.717, 1.165) is 0 Å². The predicted molar refractivity (Wildman–Crippen MR) is 59.4 cm³/mol. The minimum atomic E-state index is -0.414. The fraction of sp³-hybridized carbons (Fsp3) is 0. The predicted octanol–water partition coefficient (Wildman–Crippen LogP) is 1.78. The molecule has 76 valence electrons. The molecule has 0 aliphatic carbocycles. The van der Waals surface area contributed by atoms with Gasteiger partial charge < -0.3 is 10.7 Å². The Morgan fingerprint density at radius 3 is 2.87 bits per heavy atom. The number of carbonyl (C=O) groups excluding carboxylic acids is 1. The summed E-state index contributed by atoms with van der Waals surface area (Å²) in [5.74, 6) is -0.776. The second-order valence-corrected chi connectivity index (χ2v) is 3.53. The van der Waals surface area contributed by atoms with Crippen LogP contribution in [0.2, 0.25) is 0 Å². The van der Waals surface area contributed by atoms with Gasteiger partial charge in [0.2, 0.25) is 5.78 Å². The minimum absolute atomic E-state index is 0.194. The number of benzene rings is 1. The van der Waals surface area contributed by atoms with Gasteiger partial charge >= 0.3 is 0 Å². The molecule has 0 aliphatic rings. The van der Waals surface area contributed by atoms with Crippen LogP contribution in [-0.2, 0) is 0 Å². The summed E-state index contributed by atoms with van der Waals surface area (Å²) in [5.41, 5.74) is 6.17. The van der Waals surface area contributed by atoms with Crippen LogP contribution in [0.15, 0.2) is 24.4 Å². The highest BCUT2D eigenvalue weighted by atomic mass is 32.1. The molecule has 0 radical (unpaired) electrons. The van der Waals surface area contributed by atoms with E-state index >= 15 is 0 Å². The van der Waals surface area contributed by atoms with E-state index in [9.17, 15) is 9.18 Å². The Bertz CT molecular complexity index is 562. The van der Waals surface area contributed by atoms with Gasteiger partial charge in [0.1, 0.15) is 10.8 Å². The highest BCUT2D eigenvalue weighted by Gasteiger charge is 2.14. The zero-order valence-electron chi connectivity index (χ0n) is 7.58. The van der Waals surface area contributed by atoms with E-state index in [2.05, 4.69) is 17.2 Å². The molecule has 0 unspecified atom stereocenters. The Morgan fingerprint density at radius 1 is 1.47 bits per heavy atom. The second-order valence-electron chi connectivity index (χ2n) is 3.09. The van der Waals surface area contributed by atoms with Crippen molar-refractivity contribution >= 4 is 33.9 Å². The van der Waals surface area contributed by atoms with Gasteiger partial charge in [0, 0.05) is 17.1 Å². The lowest BCUT2D eigenvalue weighted by molar-refractivity contribution is 0.106. The molecule has 0 aliphatic heterocycles. The third-order valence-electron chi connectivity index (χ3n) is 2.11. The van der Waals surface area contributed by atoms with Crippen LogP contribution >= 0.6 is 12.2 Å². The topological polar surface area (TPSA) is 58.9 Å². The molecule has 1 aromatic carbocycles. The van der Waals surface area contributed by atoms with E-state index in [1.54, 1.807) is 0 Å². The number of Topliss-reactive ketones (excluding diaryl/α,β-unsaturated/α-hetero) is 1. The lowest BCUT2D eigenvalue weighted by Gasteiger charge is -1.95. The van der Waals surface area contributed by atoms with E-state index in [-0.39, 0.29) is 10.8 Å². The number of hydrogen-bond donors (Lipinski definition) is 2. The van der Waals surface area contributed by atoms with Gasteiger partial charge in [-0.15, -0.1) is 0 Å². The smallest absolute Gasteiger partial charge is 0.221 e. The molecule has 1 heterocycles. The molecule has 0 saturated carbocycles. The van der Waals surface area contributed by atoms with Gasteiger partial charge in [-0.3, -0.25) is 4.79 Å². The van der Waals surface area contributed by atoms with Crippen LogP contribution < -0.4 is 5.73 Å². The van der Waals surface area contributed by atoms with E-state index in [1.807, 2.05) is 0 Å². The average Bonchev–Trinajstić information content (AvgIpc) is 2.59. The molecule has 1 aromatic heterocycles. The first-order valence-corrected chi connectivity index (χ1v) is 4.61. The number of rotatable bonds is 2. The third-order valence-corrected chi connectivity index (χ3v) is 2.30. The monoisotopic (exact) mass is 222 g/mol. The maximum atomic E-state index is 12.9. The number of hydrogen-bond acceptors (Lipinski definition) is 2. The molecule has 5 heteroatoms. The maximum Gasteiger partial charge on any atom is 0.221 e. The van der Waals surface area contributed by atoms with Crippen molar-refractivity contribution in [2.45, 2.75) is 0 Å². The molecule has 0 saturated heterocycles. The summed E-state index contributed by atoms with van der Waals surface area (Å²) in [6.45, 7) is 0. The van der Waals surface area contributed by atoms with Crippen molar-refractivity contribution in [3.8, 4) is 0 Å². The van der Waals surface area contributed by atoms with Gasteiger partial charge in [-0.2, -0.15) is 0 Å². The van der Waals surface area contributed by atoms with Crippen LogP contribution in [0.25, 0.3) is 10.9 Å². The van der Waals surface area contributed by atoms with E-state index < -0.39 is 5.78 Å². The van der Waals surface area contributed by atoms with Crippen molar-refractivity contribution in [3.05, 3.63) is 35.8 Å². The van der Waals surface area contributed by atoms with Crippen LogP contribution in [0.5, 0.6) is 0 Å². The van der Waals surface area contributed by atoms with Gasteiger partial charge in [-0.25, -0.2) is 4.39 Å². The molecule has 0 amide bonds. The van der Waals surface area contributed by atoms with E-state index in [1.165, 1.54) is 24.4 Å². The second kappa shape index (κ2) is 3.43. The van der Waals surface area contributed by atoms with Crippen molar-refractivity contribution in [2.75, 3.05) is 0 Å². The molecule has 2 aromatic rings. The first-order valence-electron chi connectivity index (χ1n) is 4.20. The zero-order valence-corrected chi connectivity index (χ0v) is 8.40. The number of carbonyl (C=O) groups is 1. The van der Waals surface area contributed by atoms with Crippen molar-refractivity contribution in [1.29, 1.82) is 0 Å². The summed E-state index contributed by atoms with van der Waals surface area (Å²) in [7, 11) is 0. The Hall–Kier alpha value is -1.75. The number of thiocarbonyl (C=S) groups is 1. The Kier molecular flexibility index (Phi) is 2.24. The summed E-state index contributed by atoms with van der Waals surface area (Å²) in [6.07, 6.45) is 1.48. The van der Waals surface area contributed by atoms with Crippen LogP contribution in [0, 0.1) is 5.82 Å². The van der Waals surface area contributed by atoms with Crippen LogP contribution in [-0.4, -0.2) is 15.8 Å². The molecule has 0 spiro atoms. The van der Waals surface area contributed by atoms with Crippen LogP contribution in [0.4, 0.5) is 4.39 Å². The van der Waals surface area contributed by atoms with Gasteiger partial charge in [0.25, 0.3) is 0 Å². The van der Waals surface area contributed by atoms with Gasteiger partial charge in [0.05, 0.1) is 5.56 Å². The molecular weight excluding hydrogens is 215 g/mol. The van der Waals surface area contributed by atoms with Gasteiger partial charge in [-0.05, 0) is 18.2 Å².